The van der Waals surface area contributed by atoms with Crippen molar-refractivity contribution in [3.05, 3.63) is 58.1 Å². The Morgan fingerprint density at radius 3 is 3.00 bits per heavy atom. The Morgan fingerprint density at radius 2 is 2.19 bits per heavy atom. The number of anilines is 1. The summed E-state index contributed by atoms with van der Waals surface area (Å²) in [6.07, 6.45) is 0.889. The Morgan fingerprint density at radius 1 is 1.33 bits per heavy atom. The molecule has 1 heterocycles. The number of amides is 1. The number of nitrogens with two attached hydrogens (primary N) is 1. The Hall–Kier alpha value is -2.20. The second-order valence-corrected chi connectivity index (χ2v) is 5.39. The Labute approximate surface area is 127 Å². The molecule has 0 unspecified atom stereocenters. The van der Waals surface area contributed by atoms with Crippen LogP contribution in [0.2, 0.25) is 5.02 Å². The number of fused-ring (bicyclic) bond motifs is 1. The molecule has 108 valence electrons. The minimum Gasteiger partial charge on any atom is -0.493 e. The van der Waals surface area contributed by atoms with Gasteiger partial charge in [-0.1, -0.05) is 17.7 Å². The van der Waals surface area contributed by atoms with Crippen LogP contribution in [-0.4, -0.2) is 12.5 Å². The van der Waals surface area contributed by atoms with Crippen molar-refractivity contribution < 1.29 is 9.53 Å². The first kappa shape index (κ1) is 13.8. The van der Waals surface area contributed by atoms with Crippen molar-refractivity contribution in [1.82, 2.24) is 0 Å². The van der Waals surface area contributed by atoms with Gasteiger partial charge in [-0.2, -0.15) is 0 Å². The van der Waals surface area contributed by atoms with Crippen LogP contribution < -0.4 is 15.8 Å². The van der Waals surface area contributed by atoms with Crippen LogP contribution in [0.5, 0.6) is 5.75 Å². The minimum absolute atomic E-state index is 0.439. The lowest BCUT2D eigenvalue weighted by molar-refractivity contribution is 0.100. The van der Waals surface area contributed by atoms with Gasteiger partial charge in [-0.15, -0.1) is 0 Å². The van der Waals surface area contributed by atoms with Crippen molar-refractivity contribution in [3.63, 3.8) is 0 Å². The Bertz CT molecular complexity index is 701. The van der Waals surface area contributed by atoms with Gasteiger partial charge in [0.25, 0.3) is 0 Å². The molecular weight excluding hydrogens is 288 g/mol. The number of ether oxygens (including phenoxy) is 1. The van der Waals surface area contributed by atoms with Crippen LogP contribution in [-0.2, 0) is 13.0 Å². The Kier molecular flexibility index (Phi) is 3.71. The first-order valence-electron chi connectivity index (χ1n) is 6.71. The molecule has 1 aliphatic heterocycles. The number of rotatable bonds is 4. The lowest BCUT2D eigenvalue weighted by Crippen LogP contribution is -2.11. The highest BCUT2D eigenvalue weighted by Crippen LogP contribution is 2.33. The van der Waals surface area contributed by atoms with Gasteiger partial charge in [-0.05, 0) is 35.9 Å². The SMILES string of the molecule is NC(=O)c1cccc(NCc2cc(Cl)cc3c2OCC3)c1. The third kappa shape index (κ3) is 2.95. The molecule has 0 atom stereocenters. The van der Waals surface area contributed by atoms with E-state index in [0.717, 1.165) is 29.0 Å². The van der Waals surface area contributed by atoms with Gasteiger partial charge in [0.2, 0.25) is 5.91 Å². The van der Waals surface area contributed by atoms with Crippen LogP contribution in [0.1, 0.15) is 21.5 Å². The molecule has 1 amide bonds. The average molecular weight is 303 g/mol. The van der Waals surface area contributed by atoms with Gasteiger partial charge >= 0.3 is 0 Å². The summed E-state index contributed by atoms with van der Waals surface area (Å²) >= 11 is 6.13. The molecule has 0 aliphatic carbocycles. The summed E-state index contributed by atoms with van der Waals surface area (Å²) in [5.74, 6) is 0.476. The second kappa shape index (κ2) is 5.66. The fourth-order valence-electron chi connectivity index (χ4n) is 2.46. The van der Waals surface area contributed by atoms with Crippen molar-refractivity contribution in [2.24, 2.45) is 5.73 Å². The van der Waals surface area contributed by atoms with Crippen LogP contribution in [0.4, 0.5) is 5.69 Å². The lowest BCUT2D eigenvalue weighted by atomic mass is 10.1. The van der Waals surface area contributed by atoms with Crippen LogP contribution >= 0.6 is 11.6 Å². The van der Waals surface area contributed by atoms with Gasteiger partial charge in [0.05, 0.1) is 6.61 Å². The van der Waals surface area contributed by atoms with Gasteiger partial charge in [0, 0.05) is 34.8 Å². The smallest absolute Gasteiger partial charge is 0.248 e. The highest BCUT2D eigenvalue weighted by atomic mass is 35.5. The van der Waals surface area contributed by atoms with Crippen LogP contribution in [0, 0.1) is 0 Å². The van der Waals surface area contributed by atoms with Crippen molar-refractivity contribution in [3.8, 4) is 5.75 Å². The van der Waals surface area contributed by atoms with E-state index >= 15 is 0 Å². The van der Waals surface area contributed by atoms with E-state index in [-0.39, 0.29) is 0 Å². The summed E-state index contributed by atoms with van der Waals surface area (Å²) < 4.78 is 5.66. The Balaban J connectivity index is 1.79. The zero-order valence-corrected chi connectivity index (χ0v) is 12.1. The molecule has 0 spiro atoms. The maximum Gasteiger partial charge on any atom is 0.248 e. The van der Waals surface area contributed by atoms with E-state index in [1.807, 2.05) is 18.2 Å². The van der Waals surface area contributed by atoms with E-state index in [9.17, 15) is 4.79 Å². The molecule has 21 heavy (non-hydrogen) atoms. The number of carbonyl (C=O) groups excluding carboxylic acids is 1. The number of hydrogen-bond acceptors (Lipinski definition) is 3. The number of primary amides is 1. The van der Waals surface area contributed by atoms with Crippen molar-refractivity contribution in [2.75, 3.05) is 11.9 Å². The maximum absolute atomic E-state index is 11.2. The van der Waals surface area contributed by atoms with E-state index in [0.29, 0.717) is 23.7 Å². The van der Waals surface area contributed by atoms with E-state index < -0.39 is 5.91 Å². The van der Waals surface area contributed by atoms with Gasteiger partial charge in [-0.3, -0.25) is 4.79 Å². The summed E-state index contributed by atoms with van der Waals surface area (Å²) in [7, 11) is 0. The largest absolute Gasteiger partial charge is 0.493 e. The molecule has 3 N–H and O–H groups in total. The zero-order chi connectivity index (χ0) is 14.8. The van der Waals surface area contributed by atoms with E-state index in [2.05, 4.69) is 5.32 Å². The van der Waals surface area contributed by atoms with E-state index in [1.165, 1.54) is 0 Å². The van der Waals surface area contributed by atoms with Gasteiger partial charge in [-0.25, -0.2) is 0 Å². The lowest BCUT2D eigenvalue weighted by Gasteiger charge is -2.11. The number of hydrogen-bond donors (Lipinski definition) is 2. The minimum atomic E-state index is -0.439. The number of benzene rings is 2. The normalized spacial score (nSPS) is 12.6. The second-order valence-electron chi connectivity index (χ2n) is 4.95. The summed E-state index contributed by atoms with van der Waals surface area (Å²) in [6.45, 7) is 1.27. The fourth-order valence-corrected chi connectivity index (χ4v) is 2.72. The molecule has 2 aromatic carbocycles. The molecule has 3 rings (SSSR count). The average Bonchev–Trinajstić information content (AvgIpc) is 2.93. The first-order valence-corrected chi connectivity index (χ1v) is 7.09. The molecule has 0 aromatic heterocycles. The molecule has 0 fully saturated rings. The molecule has 0 radical (unpaired) electrons. The van der Waals surface area contributed by atoms with Gasteiger partial charge in [0.15, 0.2) is 0 Å². The van der Waals surface area contributed by atoms with Crippen LogP contribution in [0.15, 0.2) is 36.4 Å². The van der Waals surface area contributed by atoms with Crippen LogP contribution in [0.25, 0.3) is 0 Å². The highest BCUT2D eigenvalue weighted by Gasteiger charge is 2.17. The van der Waals surface area contributed by atoms with Crippen LogP contribution in [0.3, 0.4) is 0 Å². The third-order valence-electron chi connectivity index (χ3n) is 3.46. The molecule has 0 saturated carbocycles. The molecule has 1 aliphatic rings. The molecule has 0 saturated heterocycles. The molecule has 5 heteroatoms. The molecule has 2 aromatic rings. The van der Waals surface area contributed by atoms with E-state index in [4.69, 9.17) is 22.1 Å². The van der Waals surface area contributed by atoms with Gasteiger partial charge < -0.3 is 15.8 Å². The highest BCUT2D eigenvalue weighted by molar-refractivity contribution is 6.30. The topological polar surface area (TPSA) is 64.4 Å². The summed E-state index contributed by atoms with van der Waals surface area (Å²) in [5, 5.41) is 3.98. The van der Waals surface area contributed by atoms with Gasteiger partial charge in [0.1, 0.15) is 5.75 Å². The first-order chi connectivity index (χ1) is 10.1. The molecule has 4 nitrogen and oxygen atoms in total. The summed E-state index contributed by atoms with van der Waals surface area (Å²) in [5.41, 5.74) is 8.75. The summed E-state index contributed by atoms with van der Waals surface area (Å²) in [6, 6.07) is 10.9. The fraction of sp³-hybridized carbons (Fsp3) is 0.188. The predicted molar refractivity (Wildman–Crippen MR) is 82.9 cm³/mol. The third-order valence-corrected chi connectivity index (χ3v) is 3.67. The number of carbonyl (C=O) groups is 1. The monoisotopic (exact) mass is 302 g/mol. The standard InChI is InChI=1S/C16H15ClN2O2/c17-13-6-10-4-5-21-15(10)12(7-13)9-19-14-3-1-2-11(8-14)16(18)20/h1-3,6-8,19H,4-5,9H2,(H2,18,20). The quantitative estimate of drug-likeness (QED) is 0.912. The molecular formula is C16H15ClN2O2. The van der Waals surface area contributed by atoms with Crippen molar-refractivity contribution in [2.45, 2.75) is 13.0 Å². The van der Waals surface area contributed by atoms with E-state index in [1.54, 1.807) is 18.2 Å². The predicted octanol–water partition coefficient (Wildman–Crippen LogP) is 2.99. The molecule has 0 bridgehead atoms. The maximum atomic E-state index is 11.2. The summed E-state index contributed by atoms with van der Waals surface area (Å²) in [4.78, 5) is 11.2. The van der Waals surface area contributed by atoms with Crippen molar-refractivity contribution >= 4 is 23.2 Å². The van der Waals surface area contributed by atoms with Crippen molar-refractivity contribution in [1.29, 1.82) is 0 Å². The number of nitrogens with one attached hydrogen (secondary N) is 1. The zero-order valence-electron chi connectivity index (χ0n) is 11.4. The number of halogens is 1.